The second-order valence-electron chi connectivity index (χ2n) is 6.51. The van der Waals surface area contributed by atoms with Crippen molar-refractivity contribution in [2.75, 3.05) is 33.2 Å². The Kier molecular flexibility index (Phi) is 5.22. The van der Waals surface area contributed by atoms with Crippen molar-refractivity contribution >= 4 is 5.91 Å². The summed E-state index contributed by atoms with van der Waals surface area (Å²) in [6.07, 6.45) is 7.01. The lowest BCUT2D eigenvalue weighted by molar-refractivity contribution is -0.128. The van der Waals surface area contributed by atoms with Crippen LogP contribution in [0.4, 0.5) is 0 Å². The second-order valence-corrected chi connectivity index (χ2v) is 6.51. The largest absolute Gasteiger partial charge is 0.354 e. The summed E-state index contributed by atoms with van der Waals surface area (Å²) in [5.41, 5.74) is -0.328. The van der Waals surface area contributed by atoms with Gasteiger partial charge in [0.1, 0.15) is 0 Å². The number of amides is 1. The van der Waals surface area contributed by atoms with Gasteiger partial charge in [-0.05, 0) is 78.0 Å². The van der Waals surface area contributed by atoms with Crippen molar-refractivity contribution in [1.29, 1.82) is 0 Å². The highest BCUT2D eigenvalue weighted by molar-refractivity contribution is 5.85. The zero-order chi connectivity index (χ0) is 13.7. The van der Waals surface area contributed by atoms with Crippen LogP contribution in [0.25, 0.3) is 0 Å². The molecule has 0 radical (unpaired) electrons. The third-order valence-electron chi connectivity index (χ3n) is 4.80. The highest BCUT2D eigenvalue weighted by Gasteiger charge is 2.33. The molecule has 1 amide bonds. The maximum atomic E-state index is 12.2. The molecule has 0 aromatic carbocycles. The lowest BCUT2D eigenvalue weighted by Crippen LogP contribution is -2.57. The number of hydrogen-bond acceptors (Lipinski definition) is 3. The molecular weight excluding hydrogens is 238 g/mol. The summed E-state index contributed by atoms with van der Waals surface area (Å²) in [6, 6.07) is 0. The summed E-state index contributed by atoms with van der Waals surface area (Å²) in [6.45, 7) is 6.26. The molecule has 0 aromatic heterocycles. The van der Waals surface area contributed by atoms with Gasteiger partial charge in [0, 0.05) is 6.54 Å². The van der Waals surface area contributed by atoms with Crippen molar-refractivity contribution in [2.24, 2.45) is 5.92 Å². The SMILES string of the molecule is CN1CCC(CCNC(=O)C2(C)CCCCN2)CC1. The lowest BCUT2D eigenvalue weighted by Gasteiger charge is -2.34. The van der Waals surface area contributed by atoms with Gasteiger partial charge in [0.25, 0.3) is 0 Å². The molecule has 2 fully saturated rings. The Labute approximate surface area is 117 Å². The fourth-order valence-electron chi connectivity index (χ4n) is 3.19. The molecule has 2 rings (SSSR count). The molecular formula is C15H29N3O. The van der Waals surface area contributed by atoms with E-state index in [1.165, 1.54) is 32.4 Å². The van der Waals surface area contributed by atoms with E-state index < -0.39 is 0 Å². The van der Waals surface area contributed by atoms with Crippen molar-refractivity contribution in [3.63, 3.8) is 0 Å². The minimum absolute atomic E-state index is 0.195. The topological polar surface area (TPSA) is 44.4 Å². The molecule has 19 heavy (non-hydrogen) atoms. The Balaban J connectivity index is 1.66. The molecule has 1 unspecified atom stereocenters. The summed E-state index contributed by atoms with van der Waals surface area (Å²) in [5.74, 6) is 0.990. The Bertz CT molecular complexity index is 292. The van der Waals surface area contributed by atoms with E-state index >= 15 is 0 Å². The molecule has 2 heterocycles. The van der Waals surface area contributed by atoms with Crippen molar-refractivity contribution < 1.29 is 4.79 Å². The average Bonchev–Trinajstić information content (AvgIpc) is 2.42. The van der Waals surface area contributed by atoms with Gasteiger partial charge in [0.2, 0.25) is 5.91 Å². The number of rotatable bonds is 4. The number of carbonyl (C=O) groups excluding carboxylic acids is 1. The van der Waals surface area contributed by atoms with E-state index in [1.54, 1.807) is 0 Å². The molecule has 2 N–H and O–H groups in total. The van der Waals surface area contributed by atoms with Crippen molar-refractivity contribution in [1.82, 2.24) is 15.5 Å². The van der Waals surface area contributed by atoms with Gasteiger partial charge < -0.3 is 15.5 Å². The molecule has 2 saturated heterocycles. The summed E-state index contributed by atoms with van der Waals surface area (Å²) in [7, 11) is 2.19. The quantitative estimate of drug-likeness (QED) is 0.808. The normalized spacial score (nSPS) is 30.2. The van der Waals surface area contributed by atoms with Crippen LogP contribution in [0.15, 0.2) is 0 Å². The van der Waals surface area contributed by atoms with Crippen molar-refractivity contribution in [2.45, 2.75) is 51.0 Å². The zero-order valence-corrected chi connectivity index (χ0v) is 12.5. The van der Waals surface area contributed by atoms with Gasteiger partial charge >= 0.3 is 0 Å². The Morgan fingerprint density at radius 3 is 2.74 bits per heavy atom. The predicted molar refractivity (Wildman–Crippen MR) is 78.1 cm³/mol. The molecule has 1 atom stereocenters. The van der Waals surface area contributed by atoms with Gasteiger partial charge in [-0.15, -0.1) is 0 Å². The molecule has 110 valence electrons. The smallest absolute Gasteiger partial charge is 0.240 e. The minimum atomic E-state index is -0.328. The lowest BCUT2D eigenvalue weighted by atomic mass is 9.89. The number of nitrogens with zero attached hydrogens (tertiary/aromatic N) is 1. The fourth-order valence-corrected chi connectivity index (χ4v) is 3.19. The number of piperidine rings is 2. The standard InChI is InChI=1S/C15H29N3O/c1-15(8-3-4-9-17-15)14(19)16-10-5-13-6-11-18(2)12-7-13/h13,17H,3-12H2,1-2H3,(H,16,19). The average molecular weight is 267 g/mol. The first-order chi connectivity index (χ1) is 9.10. The van der Waals surface area contributed by atoms with Gasteiger partial charge in [0.15, 0.2) is 0 Å². The molecule has 0 bridgehead atoms. The Morgan fingerprint density at radius 1 is 1.37 bits per heavy atom. The number of likely N-dealkylation sites (tertiary alicyclic amines) is 1. The maximum absolute atomic E-state index is 12.2. The second kappa shape index (κ2) is 6.71. The number of hydrogen-bond donors (Lipinski definition) is 2. The highest BCUT2D eigenvalue weighted by Crippen LogP contribution is 2.20. The number of nitrogens with one attached hydrogen (secondary N) is 2. The van der Waals surface area contributed by atoms with Crippen LogP contribution in [0, 0.1) is 5.92 Å². The van der Waals surface area contributed by atoms with E-state index in [4.69, 9.17) is 0 Å². The molecule has 0 saturated carbocycles. The molecule has 0 spiro atoms. The van der Waals surface area contributed by atoms with Gasteiger partial charge in [-0.25, -0.2) is 0 Å². The van der Waals surface area contributed by atoms with Gasteiger partial charge in [-0.3, -0.25) is 4.79 Å². The molecule has 4 heteroatoms. The molecule has 4 nitrogen and oxygen atoms in total. The van der Waals surface area contributed by atoms with Crippen LogP contribution in [0.2, 0.25) is 0 Å². The highest BCUT2D eigenvalue weighted by atomic mass is 16.2. The van der Waals surface area contributed by atoms with Crippen LogP contribution >= 0.6 is 0 Å². The minimum Gasteiger partial charge on any atom is -0.354 e. The number of carbonyl (C=O) groups is 1. The third-order valence-corrected chi connectivity index (χ3v) is 4.80. The fraction of sp³-hybridized carbons (Fsp3) is 0.933. The molecule has 0 aliphatic carbocycles. The summed E-state index contributed by atoms with van der Waals surface area (Å²) >= 11 is 0. The first kappa shape index (κ1) is 14.8. The van der Waals surface area contributed by atoms with Gasteiger partial charge in [-0.2, -0.15) is 0 Å². The van der Waals surface area contributed by atoms with E-state index in [9.17, 15) is 4.79 Å². The first-order valence-corrected chi connectivity index (χ1v) is 7.82. The van der Waals surface area contributed by atoms with E-state index in [2.05, 4.69) is 22.6 Å². The van der Waals surface area contributed by atoms with E-state index in [1.807, 2.05) is 6.92 Å². The van der Waals surface area contributed by atoms with Crippen LogP contribution in [0.1, 0.15) is 45.4 Å². The van der Waals surface area contributed by atoms with E-state index in [-0.39, 0.29) is 11.4 Å². The zero-order valence-electron chi connectivity index (χ0n) is 12.5. The van der Waals surface area contributed by atoms with Crippen molar-refractivity contribution in [3.05, 3.63) is 0 Å². The van der Waals surface area contributed by atoms with Gasteiger partial charge in [-0.1, -0.05) is 0 Å². The predicted octanol–water partition coefficient (Wildman–Crippen LogP) is 1.37. The van der Waals surface area contributed by atoms with Gasteiger partial charge in [0.05, 0.1) is 5.54 Å². The summed E-state index contributed by atoms with van der Waals surface area (Å²) in [4.78, 5) is 14.6. The maximum Gasteiger partial charge on any atom is 0.240 e. The summed E-state index contributed by atoms with van der Waals surface area (Å²) < 4.78 is 0. The Hall–Kier alpha value is -0.610. The van der Waals surface area contributed by atoms with Crippen LogP contribution in [-0.4, -0.2) is 49.6 Å². The van der Waals surface area contributed by atoms with Crippen molar-refractivity contribution in [3.8, 4) is 0 Å². The van der Waals surface area contributed by atoms with Crippen LogP contribution in [0.3, 0.4) is 0 Å². The van der Waals surface area contributed by atoms with Crippen LogP contribution in [-0.2, 0) is 4.79 Å². The third kappa shape index (κ3) is 4.18. The van der Waals surface area contributed by atoms with Crippen LogP contribution < -0.4 is 10.6 Å². The summed E-state index contributed by atoms with van der Waals surface area (Å²) in [5, 5.41) is 6.51. The Morgan fingerprint density at radius 2 is 2.11 bits per heavy atom. The molecule has 2 aliphatic heterocycles. The monoisotopic (exact) mass is 267 g/mol. The molecule has 0 aromatic rings. The van der Waals surface area contributed by atoms with E-state index in [0.29, 0.717) is 0 Å². The van der Waals surface area contributed by atoms with E-state index in [0.717, 1.165) is 38.3 Å². The van der Waals surface area contributed by atoms with Crippen LogP contribution in [0.5, 0.6) is 0 Å². The first-order valence-electron chi connectivity index (χ1n) is 7.82. The molecule has 2 aliphatic rings.